The summed E-state index contributed by atoms with van der Waals surface area (Å²) in [6.45, 7) is 3.22. The van der Waals surface area contributed by atoms with E-state index in [2.05, 4.69) is 36.2 Å². The molecule has 0 atom stereocenters. The topological polar surface area (TPSA) is 105 Å². The van der Waals surface area contributed by atoms with Crippen LogP contribution in [0.1, 0.15) is 60.3 Å². The fourth-order valence-corrected chi connectivity index (χ4v) is 4.93. The standard InChI is InChI=1S/C24H29BrN6O2/c25-21-14-27-22(13-26)28-23(21)31(16-17-3-1-2-4-17)29-24(33)19-7-5-18(6-8-19)15-30-11-9-20(32)10-12-30/h5-8,14,17,20,32H,1-4,9-12,15-16H2,(H,29,33). The Morgan fingerprint density at radius 3 is 2.58 bits per heavy atom. The molecule has 1 aromatic carbocycles. The SMILES string of the molecule is N#Cc1ncc(Br)c(N(CC2CCCC2)NC(=O)c2ccc(CN3CCC(O)CC3)cc2)n1. The second kappa shape index (κ2) is 11.1. The van der Waals surface area contributed by atoms with Crippen LogP contribution < -0.4 is 10.4 Å². The lowest BCUT2D eigenvalue weighted by Crippen LogP contribution is -2.45. The zero-order valence-corrected chi connectivity index (χ0v) is 20.2. The van der Waals surface area contributed by atoms with Gasteiger partial charge in [-0.1, -0.05) is 25.0 Å². The van der Waals surface area contributed by atoms with Crippen LogP contribution in [0.5, 0.6) is 0 Å². The van der Waals surface area contributed by atoms with Crippen LogP contribution >= 0.6 is 15.9 Å². The highest BCUT2D eigenvalue weighted by molar-refractivity contribution is 9.10. The lowest BCUT2D eigenvalue weighted by atomic mass is 10.1. The molecule has 2 aromatic rings. The molecule has 2 N–H and O–H groups in total. The fraction of sp³-hybridized carbons (Fsp3) is 0.500. The van der Waals surface area contributed by atoms with E-state index in [1.54, 1.807) is 11.2 Å². The molecular formula is C24H29BrN6O2. The molecule has 0 unspecified atom stereocenters. The highest BCUT2D eigenvalue weighted by atomic mass is 79.9. The molecule has 0 bridgehead atoms. The fourth-order valence-electron chi connectivity index (χ4n) is 4.52. The van der Waals surface area contributed by atoms with Crippen molar-refractivity contribution in [2.24, 2.45) is 5.92 Å². The first-order valence-corrected chi connectivity index (χ1v) is 12.3. The zero-order chi connectivity index (χ0) is 23.2. The van der Waals surface area contributed by atoms with Crippen molar-refractivity contribution in [1.82, 2.24) is 20.3 Å². The summed E-state index contributed by atoms with van der Waals surface area (Å²) in [6.07, 6.45) is 7.59. The Kier molecular flexibility index (Phi) is 7.91. The Hall–Kier alpha value is -2.54. The number of nitrogens with one attached hydrogen (secondary N) is 1. The van der Waals surface area contributed by atoms with Crippen molar-refractivity contribution in [3.05, 3.63) is 51.9 Å². The van der Waals surface area contributed by atoms with E-state index in [9.17, 15) is 15.2 Å². The van der Waals surface area contributed by atoms with Gasteiger partial charge in [0, 0.05) is 37.9 Å². The van der Waals surface area contributed by atoms with Crippen LogP contribution in [0.25, 0.3) is 0 Å². The molecule has 174 valence electrons. The normalized spacial score (nSPS) is 17.6. The minimum absolute atomic E-state index is 0.0634. The minimum Gasteiger partial charge on any atom is -0.393 e. The van der Waals surface area contributed by atoms with Crippen LogP contribution in [0, 0.1) is 17.2 Å². The molecule has 4 rings (SSSR count). The third-order valence-corrected chi connectivity index (χ3v) is 6.97. The second-order valence-electron chi connectivity index (χ2n) is 8.88. The van der Waals surface area contributed by atoms with Gasteiger partial charge in [-0.3, -0.25) is 20.1 Å². The van der Waals surface area contributed by atoms with Crippen molar-refractivity contribution < 1.29 is 9.90 Å². The summed E-state index contributed by atoms with van der Waals surface area (Å²) < 4.78 is 0.627. The molecule has 2 heterocycles. The van der Waals surface area contributed by atoms with Crippen LogP contribution in [-0.2, 0) is 6.54 Å². The van der Waals surface area contributed by atoms with Gasteiger partial charge < -0.3 is 5.11 Å². The molecule has 2 fully saturated rings. The van der Waals surface area contributed by atoms with Gasteiger partial charge in [-0.05, 0) is 65.2 Å². The van der Waals surface area contributed by atoms with Gasteiger partial charge in [0.25, 0.3) is 5.91 Å². The minimum atomic E-state index is -0.218. The van der Waals surface area contributed by atoms with Crippen LogP contribution in [0.2, 0.25) is 0 Å². The van der Waals surface area contributed by atoms with Gasteiger partial charge in [0.05, 0.1) is 10.6 Å². The van der Waals surface area contributed by atoms with Crippen LogP contribution in [0.3, 0.4) is 0 Å². The molecule has 1 aliphatic carbocycles. The maximum atomic E-state index is 13.1. The number of rotatable bonds is 7. The van der Waals surface area contributed by atoms with Gasteiger partial charge in [0.15, 0.2) is 5.82 Å². The number of hydrogen-bond donors (Lipinski definition) is 2. The molecule has 1 amide bonds. The van der Waals surface area contributed by atoms with Crippen molar-refractivity contribution in [3.63, 3.8) is 0 Å². The van der Waals surface area contributed by atoms with Crippen molar-refractivity contribution >= 4 is 27.7 Å². The number of benzene rings is 1. The number of aliphatic hydroxyl groups is 1. The summed E-state index contributed by atoms with van der Waals surface area (Å²) in [6, 6.07) is 9.61. The van der Waals surface area contributed by atoms with Gasteiger partial charge in [0.1, 0.15) is 6.07 Å². The van der Waals surface area contributed by atoms with E-state index in [1.807, 2.05) is 30.3 Å². The summed E-state index contributed by atoms with van der Waals surface area (Å²) >= 11 is 3.47. The Morgan fingerprint density at radius 2 is 1.91 bits per heavy atom. The summed E-state index contributed by atoms with van der Waals surface area (Å²) in [5.41, 5.74) is 4.71. The first-order chi connectivity index (χ1) is 16.0. The molecule has 2 aliphatic rings. The molecule has 0 spiro atoms. The zero-order valence-electron chi connectivity index (χ0n) is 18.6. The van der Waals surface area contributed by atoms with E-state index in [0.717, 1.165) is 50.9 Å². The second-order valence-corrected chi connectivity index (χ2v) is 9.74. The van der Waals surface area contributed by atoms with Gasteiger partial charge in [-0.2, -0.15) is 10.2 Å². The van der Waals surface area contributed by atoms with Gasteiger partial charge in [0.2, 0.25) is 5.82 Å². The van der Waals surface area contributed by atoms with E-state index >= 15 is 0 Å². The van der Waals surface area contributed by atoms with Crippen LogP contribution in [0.4, 0.5) is 5.82 Å². The maximum Gasteiger partial charge on any atom is 0.269 e. The highest BCUT2D eigenvalue weighted by Crippen LogP contribution is 2.29. The monoisotopic (exact) mass is 512 g/mol. The smallest absolute Gasteiger partial charge is 0.269 e. The number of hydrazine groups is 1. The van der Waals surface area contributed by atoms with E-state index in [-0.39, 0.29) is 17.8 Å². The molecule has 1 saturated carbocycles. The number of carbonyl (C=O) groups excluding carboxylic acids is 1. The Bertz CT molecular complexity index is 995. The van der Waals surface area contributed by atoms with E-state index < -0.39 is 0 Å². The summed E-state index contributed by atoms with van der Waals surface area (Å²) in [5, 5.41) is 20.7. The molecule has 1 aliphatic heterocycles. The lowest BCUT2D eigenvalue weighted by molar-refractivity contribution is 0.0792. The number of nitrogens with zero attached hydrogens (tertiary/aromatic N) is 5. The summed E-state index contributed by atoms with van der Waals surface area (Å²) in [4.78, 5) is 23.7. The number of carbonyl (C=O) groups is 1. The third kappa shape index (κ3) is 6.28. The number of anilines is 1. The molecule has 0 radical (unpaired) electrons. The predicted octanol–water partition coefficient (Wildman–Crippen LogP) is 3.41. The number of hydrogen-bond acceptors (Lipinski definition) is 7. The average Bonchev–Trinajstić information content (AvgIpc) is 3.34. The predicted molar refractivity (Wildman–Crippen MR) is 128 cm³/mol. The van der Waals surface area contributed by atoms with Gasteiger partial charge in [-0.15, -0.1) is 0 Å². The summed E-state index contributed by atoms with van der Waals surface area (Å²) in [5.74, 6) is 0.798. The van der Waals surface area contributed by atoms with Crippen LogP contribution in [-0.4, -0.2) is 51.6 Å². The first kappa shape index (κ1) is 23.6. The first-order valence-electron chi connectivity index (χ1n) is 11.5. The summed E-state index contributed by atoms with van der Waals surface area (Å²) in [7, 11) is 0. The molecule has 9 heteroatoms. The largest absolute Gasteiger partial charge is 0.393 e. The number of aromatic nitrogens is 2. The molecule has 1 aromatic heterocycles. The van der Waals surface area contributed by atoms with Gasteiger partial charge >= 0.3 is 0 Å². The number of halogens is 1. The number of aliphatic hydroxyl groups excluding tert-OH is 1. The number of likely N-dealkylation sites (tertiary alicyclic amines) is 1. The lowest BCUT2D eigenvalue weighted by Gasteiger charge is -2.29. The Morgan fingerprint density at radius 1 is 1.21 bits per heavy atom. The van der Waals surface area contributed by atoms with Crippen molar-refractivity contribution in [2.45, 2.75) is 51.2 Å². The average molecular weight is 513 g/mol. The van der Waals surface area contributed by atoms with Crippen LogP contribution in [0.15, 0.2) is 34.9 Å². The van der Waals surface area contributed by atoms with E-state index in [1.165, 1.54) is 12.8 Å². The quantitative estimate of drug-likeness (QED) is 0.547. The van der Waals surface area contributed by atoms with Crippen molar-refractivity contribution in [1.29, 1.82) is 5.26 Å². The highest BCUT2D eigenvalue weighted by Gasteiger charge is 2.24. The van der Waals surface area contributed by atoms with E-state index in [4.69, 9.17) is 0 Å². The molecule has 33 heavy (non-hydrogen) atoms. The molecule has 1 saturated heterocycles. The Labute approximate surface area is 202 Å². The number of amides is 1. The molecular weight excluding hydrogens is 484 g/mol. The van der Waals surface area contributed by atoms with Gasteiger partial charge in [-0.25, -0.2) is 4.98 Å². The van der Waals surface area contributed by atoms with Crippen molar-refractivity contribution in [3.8, 4) is 6.07 Å². The molecule has 8 nitrogen and oxygen atoms in total. The van der Waals surface area contributed by atoms with Crippen molar-refractivity contribution in [2.75, 3.05) is 24.6 Å². The van der Waals surface area contributed by atoms with E-state index in [0.29, 0.717) is 28.3 Å². The Balaban J connectivity index is 1.45. The number of piperidine rings is 1. The number of nitriles is 1. The third-order valence-electron chi connectivity index (χ3n) is 6.41. The maximum absolute atomic E-state index is 13.1.